The van der Waals surface area contributed by atoms with Gasteiger partial charge in [-0.15, -0.1) is 0 Å². The highest BCUT2D eigenvalue weighted by Crippen LogP contribution is 2.31. The topological polar surface area (TPSA) is 76.1 Å². The van der Waals surface area contributed by atoms with Crippen LogP contribution in [-0.2, 0) is 11.2 Å². The maximum absolute atomic E-state index is 12.6. The average molecular weight is 355 g/mol. The molecule has 3 rings (SSSR count). The van der Waals surface area contributed by atoms with Crippen molar-refractivity contribution in [1.29, 1.82) is 0 Å². The summed E-state index contributed by atoms with van der Waals surface area (Å²) in [5.41, 5.74) is 0.860. The number of carboxylic acids is 1. The third-order valence-electron chi connectivity index (χ3n) is 4.26. The Morgan fingerprint density at radius 3 is 2.65 bits per heavy atom. The molecule has 0 spiro atoms. The van der Waals surface area contributed by atoms with Gasteiger partial charge in [0.2, 0.25) is 5.91 Å². The van der Waals surface area contributed by atoms with Crippen molar-refractivity contribution in [2.45, 2.75) is 19.4 Å². The zero-order valence-electron chi connectivity index (χ0n) is 14.6. The Morgan fingerprint density at radius 2 is 1.92 bits per heavy atom. The molecule has 1 amide bonds. The molecule has 1 heterocycles. The van der Waals surface area contributed by atoms with E-state index >= 15 is 0 Å². The lowest BCUT2D eigenvalue weighted by Crippen LogP contribution is -2.44. The minimum atomic E-state index is -1.00. The highest BCUT2D eigenvalue weighted by Gasteiger charge is 2.24. The number of benzene rings is 2. The number of amides is 1. The number of nitrogens with zero attached hydrogens (tertiary/aromatic N) is 1. The number of carbonyl (C=O) groups excluding carboxylic acids is 1. The van der Waals surface area contributed by atoms with Crippen LogP contribution in [0.25, 0.3) is 0 Å². The second-order valence-electron chi connectivity index (χ2n) is 6.11. The molecule has 0 aliphatic carbocycles. The first kappa shape index (κ1) is 17.8. The third kappa shape index (κ3) is 4.14. The molecule has 0 saturated carbocycles. The second kappa shape index (κ2) is 7.91. The van der Waals surface area contributed by atoms with Crippen LogP contribution in [0.15, 0.2) is 48.5 Å². The number of para-hydroxylation sites is 2. The first-order valence-corrected chi connectivity index (χ1v) is 8.55. The van der Waals surface area contributed by atoms with E-state index in [9.17, 15) is 9.59 Å². The molecule has 0 radical (unpaired) electrons. The van der Waals surface area contributed by atoms with Crippen molar-refractivity contribution in [3.63, 3.8) is 0 Å². The minimum Gasteiger partial charge on any atom is -0.486 e. The van der Waals surface area contributed by atoms with Gasteiger partial charge in [-0.3, -0.25) is 4.79 Å². The lowest BCUT2D eigenvalue weighted by atomic mass is 10.1. The molecule has 6 nitrogen and oxygen atoms in total. The summed E-state index contributed by atoms with van der Waals surface area (Å²) in [5, 5.41) is 9.07. The van der Waals surface area contributed by atoms with Crippen molar-refractivity contribution in [1.82, 2.24) is 4.90 Å². The largest absolute Gasteiger partial charge is 0.486 e. The first-order chi connectivity index (χ1) is 12.6. The number of rotatable bonds is 6. The lowest BCUT2D eigenvalue weighted by molar-refractivity contribution is -0.131. The van der Waals surface area contributed by atoms with Crippen molar-refractivity contribution in [2.24, 2.45) is 0 Å². The molecule has 26 heavy (non-hydrogen) atoms. The van der Waals surface area contributed by atoms with E-state index in [0.29, 0.717) is 36.8 Å². The number of fused-ring (bicyclic) bond motifs is 1. The van der Waals surface area contributed by atoms with E-state index in [4.69, 9.17) is 14.6 Å². The van der Waals surface area contributed by atoms with Crippen LogP contribution < -0.4 is 9.47 Å². The molecule has 1 aliphatic heterocycles. The molecule has 136 valence electrons. The Kier molecular flexibility index (Phi) is 5.41. The zero-order chi connectivity index (χ0) is 18.5. The summed E-state index contributed by atoms with van der Waals surface area (Å²) in [7, 11) is 0. The Hall–Kier alpha value is -3.02. The van der Waals surface area contributed by atoms with Crippen LogP contribution in [0.4, 0.5) is 0 Å². The van der Waals surface area contributed by atoms with Crippen molar-refractivity contribution in [2.75, 3.05) is 19.7 Å². The van der Waals surface area contributed by atoms with Gasteiger partial charge in [0.15, 0.2) is 17.6 Å². The number of carbonyl (C=O) groups is 2. The molecule has 1 aliphatic rings. The van der Waals surface area contributed by atoms with Gasteiger partial charge in [-0.1, -0.05) is 24.3 Å². The van der Waals surface area contributed by atoms with Gasteiger partial charge in [0.1, 0.15) is 6.61 Å². The molecule has 0 aromatic heterocycles. The van der Waals surface area contributed by atoms with E-state index in [2.05, 4.69) is 0 Å². The van der Waals surface area contributed by atoms with Gasteiger partial charge in [0, 0.05) is 6.54 Å². The van der Waals surface area contributed by atoms with Gasteiger partial charge in [-0.2, -0.15) is 0 Å². The van der Waals surface area contributed by atoms with Crippen molar-refractivity contribution in [3.8, 4) is 11.5 Å². The van der Waals surface area contributed by atoms with E-state index in [0.717, 1.165) is 0 Å². The zero-order valence-corrected chi connectivity index (χ0v) is 14.6. The van der Waals surface area contributed by atoms with Crippen LogP contribution in [0.5, 0.6) is 11.5 Å². The summed E-state index contributed by atoms with van der Waals surface area (Å²) < 4.78 is 11.6. The van der Waals surface area contributed by atoms with Crippen LogP contribution in [0.2, 0.25) is 0 Å². The maximum Gasteiger partial charge on any atom is 0.335 e. The SMILES string of the molecule is CCN(CC1COc2ccccc2O1)C(=O)Cc1cccc(C(=O)O)c1. The third-order valence-corrected chi connectivity index (χ3v) is 4.26. The average Bonchev–Trinajstić information content (AvgIpc) is 2.66. The van der Waals surface area contributed by atoms with Crippen LogP contribution in [-0.4, -0.2) is 47.7 Å². The van der Waals surface area contributed by atoms with Gasteiger partial charge < -0.3 is 19.5 Å². The van der Waals surface area contributed by atoms with E-state index in [1.54, 1.807) is 17.0 Å². The van der Waals surface area contributed by atoms with Crippen molar-refractivity contribution in [3.05, 3.63) is 59.7 Å². The highest BCUT2D eigenvalue weighted by atomic mass is 16.6. The number of hydrogen-bond donors (Lipinski definition) is 1. The number of carboxylic acid groups (broad SMARTS) is 1. The number of aromatic carboxylic acids is 1. The molecule has 1 N–H and O–H groups in total. The number of hydrogen-bond acceptors (Lipinski definition) is 4. The van der Waals surface area contributed by atoms with Crippen LogP contribution in [0, 0.1) is 0 Å². The molecule has 1 unspecified atom stereocenters. The molecule has 0 saturated heterocycles. The first-order valence-electron chi connectivity index (χ1n) is 8.55. The van der Waals surface area contributed by atoms with Crippen molar-refractivity contribution >= 4 is 11.9 Å². The van der Waals surface area contributed by atoms with Gasteiger partial charge >= 0.3 is 5.97 Å². The van der Waals surface area contributed by atoms with Crippen LogP contribution in [0.3, 0.4) is 0 Å². The van der Waals surface area contributed by atoms with E-state index in [1.807, 2.05) is 31.2 Å². The summed E-state index contributed by atoms with van der Waals surface area (Å²) in [4.78, 5) is 25.4. The van der Waals surface area contributed by atoms with Gasteiger partial charge in [-0.05, 0) is 36.8 Å². The highest BCUT2D eigenvalue weighted by molar-refractivity contribution is 5.88. The van der Waals surface area contributed by atoms with Gasteiger partial charge in [-0.25, -0.2) is 4.79 Å². The summed E-state index contributed by atoms with van der Waals surface area (Å²) in [6.07, 6.45) is -0.0850. The van der Waals surface area contributed by atoms with Gasteiger partial charge in [0.05, 0.1) is 18.5 Å². The molecular weight excluding hydrogens is 334 g/mol. The Balaban J connectivity index is 1.63. The van der Waals surface area contributed by atoms with Crippen LogP contribution in [0.1, 0.15) is 22.8 Å². The van der Waals surface area contributed by atoms with Gasteiger partial charge in [0.25, 0.3) is 0 Å². The van der Waals surface area contributed by atoms with E-state index in [1.165, 1.54) is 12.1 Å². The summed E-state index contributed by atoms with van der Waals surface area (Å²) >= 11 is 0. The molecule has 6 heteroatoms. The maximum atomic E-state index is 12.6. The quantitative estimate of drug-likeness (QED) is 0.862. The second-order valence-corrected chi connectivity index (χ2v) is 6.11. The summed E-state index contributed by atoms with van der Waals surface area (Å²) in [6.45, 7) is 3.25. The van der Waals surface area contributed by atoms with Crippen molar-refractivity contribution < 1.29 is 24.2 Å². The fourth-order valence-electron chi connectivity index (χ4n) is 2.91. The standard InChI is InChI=1S/C20H21NO5/c1-2-21(12-16-13-25-17-8-3-4-9-18(17)26-16)19(22)11-14-6-5-7-15(10-14)20(23)24/h3-10,16H,2,11-13H2,1H3,(H,23,24). The van der Waals surface area contributed by atoms with E-state index in [-0.39, 0.29) is 24.0 Å². The fraction of sp³-hybridized carbons (Fsp3) is 0.300. The predicted molar refractivity (Wildman–Crippen MR) is 95.7 cm³/mol. The van der Waals surface area contributed by atoms with E-state index < -0.39 is 5.97 Å². The molecular formula is C20H21NO5. The molecule has 0 bridgehead atoms. The molecule has 2 aromatic rings. The predicted octanol–water partition coefficient (Wildman–Crippen LogP) is 2.62. The Labute approximate surface area is 152 Å². The number of likely N-dealkylation sites (N-methyl/N-ethyl adjacent to an activating group) is 1. The number of ether oxygens (including phenoxy) is 2. The fourth-order valence-corrected chi connectivity index (χ4v) is 2.91. The lowest BCUT2D eigenvalue weighted by Gasteiger charge is -2.31. The molecule has 0 fully saturated rings. The molecule has 2 aromatic carbocycles. The Morgan fingerprint density at radius 1 is 1.15 bits per heavy atom. The monoisotopic (exact) mass is 355 g/mol. The normalized spacial score (nSPS) is 15.3. The van der Waals surface area contributed by atoms with Crippen LogP contribution >= 0.6 is 0 Å². The summed E-state index contributed by atoms with van der Waals surface area (Å²) in [6, 6.07) is 13.9. The molecule has 1 atom stereocenters. The summed E-state index contributed by atoms with van der Waals surface area (Å²) in [5.74, 6) is 0.320. The Bertz CT molecular complexity index is 804. The smallest absolute Gasteiger partial charge is 0.335 e. The minimum absolute atomic E-state index is 0.0718.